The summed E-state index contributed by atoms with van der Waals surface area (Å²) in [7, 11) is 1.44. The monoisotopic (exact) mass is 486 g/mol. The van der Waals surface area contributed by atoms with Crippen LogP contribution in [0.1, 0.15) is 21.9 Å². The number of furan rings is 1. The quantitative estimate of drug-likeness (QED) is 0.322. The number of nitriles is 1. The van der Waals surface area contributed by atoms with Crippen LogP contribution in [0.25, 0.3) is 6.08 Å². The van der Waals surface area contributed by atoms with Crippen molar-refractivity contribution in [3.05, 3.63) is 81.2 Å². The summed E-state index contributed by atoms with van der Waals surface area (Å²) in [6, 6.07) is 14.1. The Hall–Kier alpha value is -3.93. The molecule has 2 N–H and O–H groups in total. The summed E-state index contributed by atoms with van der Waals surface area (Å²) in [4.78, 5) is 23.4. The largest absolute Gasteiger partial charge is 0.493 e. The van der Waals surface area contributed by atoms with Gasteiger partial charge in [-0.3, -0.25) is 4.79 Å². The zero-order valence-electron chi connectivity index (χ0n) is 17.1. The number of halogens is 2. The smallest absolute Gasteiger partial charge is 0.371 e. The van der Waals surface area contributed by atoms with Crippen LogP contribution >= 0.6 is 23.2 Å². The van der Waals surface area contributed by atoms with Gasteiger partial charge in [0.1, 0.15) is 24.0 Å². The first-order valence-electron chi connectivity index (χ1n) is 9.31. The van der Waals surface area contributed by atoms with Gasteiger partial charge in [0, 0.05) is 5.69 Å². The highest BCUT2D eigenvalue weighted by Crippen LogP contribution is 2.30. The Kier molecular flexibility index (Phi) is 7.61. The van der Waals surface area contributed by atoms with Crippen molar-refractivity contribution in [1.29, 1.82) is 5.26 Å². The number of hydrogen-bond acceptors (Lipinski definition) is 6. The van der Waals surface area contributed by atoms with E-state index in [2.05, 4.69) is 5.32 Å². The lowest BCUT2D eigenvalue weighted by Crippen LogP contribution is -2.13. The third kappa shape index (κ3) is 6.07. The Morgan fingerprint density at radius 3 is 2.55 bits per heavy atom. The average molecular weight is 487 g/mol. The molecule has 0 aliphatic rings. The molecule has 3 aromatic rings. The number of methoxy groups -OCH3 is 1. The number of rotatable bonds is 8. The first-order valence-corrected chi connectivity index (χ1v) is 10.1. The van der Waals surface area contributed by atoms with Crippen molar-refractivity contribution in [2.45, 2.75) is 6.61 Å². The summed E-state index contributed by atoms with van der Waals surface area (Å²) < 4.78 is 16.1. The van der Waals surface area contributed by atoms with Crippen LogP contribution in [0.3, 0.4) is 0 Å². The van der Waals surface area contributed by atoms with E-state index in [9.17, 15) is 14.9 Å². The predicted molar refractivity (Wildman–Crippen MR) is 122 cm³/mol. The number of ether oxygens (including phenoxy) is 2. The van der Waals surface area contributed by atoms with Gasteiger partial charge in [0.2, 0.25) is 5.76 Å². The minimum Gasteiger partial charge on any atom is -0.493 e. The highest BCUT2D eigenvalue weighted by Gasteiger charge is 2.13. The van der Waals surface area contributed by atoms with Crippen molar-refractivity contribution < 1.29 is 28.6 Å². The maximum absolute atomic E-state index is 12.5. The minimum absolute atomic E-state index is 0.0195. The molecule has 0 bridgehead atoms. The summed E-state index contributed by atoms with van der Waals surface area (Å²) in [5, 5.41) is 21.5. The molecule has 0 saturated heterocycles. The van der Waals surface area contributed by atoms with E-state index in [0.29, 0.717) is 33.5 Å². The molecule has 0 unspecified atom stereocenters. The molecule has 0 atom stereocenters. The van der Waals surface area contributed by atoms with Crippen molar-refractivity contribution in [1.82, 2.24) is 0 Å². The number of anilines is 1. The molecule has 0 aliphatic heterocycles. The van der Waals surface area contributed by atoms with Crippen molar-refractivity contribution in [2.24, 2.45) is 0 Å². The number of aromatic carboxylic acids is 1. The average Bonchev–Trinajstić information content (AvgIpc) is 3.28. The van der Waals surface area contributed by atoms with Crippen molar-refractivity contribution in [2.75, 3.05) is 12.4 Å². The van der Waals surface area contributed by atoms with E-state index in [-0.39, 0.29) is 23.0 Å². The van der Waals surface area contributed by atoms with Gasteiger partial charge < -0.3 is 24.3 Å². The fourth-order valence-electron chi connectivity index (χ4n) is 2.70. The summed E-state index contributed by atoms with van der Waals surface area (Å²) in [6.07, 6.45) is 1.39. The van der Waals surface area contributed by atoms with Gasteiger partial charge in [0.05, 0.1) is 17.2 Å². The molecule has 10 heteroatoms. The predicted octanol–water partition coefficient (Wildman–Crippen LogP) is 5.42. The number of benzene rings is 2. The third-order valence-electron chi connectivity index (χ3n) is 4.28. The Morgan fingerprint density at radius 2 is 1.91 bits per heavy atom. The summed E-state index contributed by atoms with van der Waals surface area (Å²) >= 11 is 11.8. The second-order valence-corrected chi connectivity index (χ2v) is 7.34. The van der Waals surface area contributed by atoms with Crippen molar-refractivity contribution in [3.63, 3.8) is 0 Å². The Morgan fingerprint density at radius 1 is 1.12 bits per heavy atom. The molecular formula is C23H16Cl2N2O6. The molecule has 1 amide bonds. The number of carbonyl (C=O) groups is 2. The van der Waals surface area contributed by atoms with Gasteiger partial charge in [0.15, 0.2) is 11.5 Å². The van der Waals surface area contributed by atoms with E-state index >= 15 is 0 Å². The molecule has 0 saturated carbocycles. The van der Waals surface area contributed by atoms with Gasteiger partial charge in [-0.15, -0.1) is 0 Å². The molecule has 0 spiro atoms. The first-order chi connectivity index (χ1) is 15.8. The van der Waals surface area contributed by atoms with Crippen molar-refractivity contribution >= 4 is 46.8 Å². The lowest BCUT2D eigenvalue weighted by molar-refractivity contribution is -0.112. The molecule has 0 fully saturated rings. The van der Waals surface area contributed by atoms with E-state index in [1.807, 2.05) is 6.07 Å². The molecule has 3 rings (SSSR count). The van der Waals surface area contributed by atoms with E-state index in [1.54, 1.807) is 24.3 Å². The van der Waals surface area contributed by atoms with Gasteiger partial charge in [-0.05, 0) is 54.1 Å². The number of carbonyl (C=O) groups excluding carboxylic acids is 1. The molecule has 0 aliphatic carbocycles. The zero-order chi connectivity index (χ0) is 24.0. The highest BCUT2D eigenvalue weighted by molar-refractivity contribution is 6.42. The van der Waals surface area contributed by atoms with E-state index < -0.39 is 11.9 Å². The van der Waals surface area contributed by atoms with Gasteiger partial charge in [-0.25, -0.2) is 4.79 Å². The SMILES string of the molecule is COc1cc(/C=C(/C#N)C(=O)Nc2ccc(Cl)c(Cl)c2)ccc1OCc1ccc(C(=O)O)o1. The fourth-order valence-corrected chi connectivity index (χ4v) is 3.00. The van der Waals surface area contributed by atoms with Crippen LogP contribution in [0.4, 0.5) is 5.69 Å². The van der Waals surface area contributed by atoms with Gasteiger partial charge in [-0.2, -0.15) is 5.26 Å². The minimum atomic E-state index is -1.17. The number of nitrogens with zero attached hydrogens (tertiary/aromatic N) is 1. The number of nitrogens with one attached hydrogen (secondary N) is 1. The van der Waals surface area contributed by atoms with E-state index in [1.165, 1.54) is 37.5 Å². The number of carboxylic acids is 1. The first kappa shape index (κ1) is 23.7. The van der Waals surface area contributed by atoms with Crippen LogP contribution in [-0.4, -0.2) is 24.1 Å². The number of carboxylic acid groups (broad SMARTS) is 1. The van der Waals surface area contributed by atoms with Crippen LogP contribution in [0.5, 0.6) is 11.5 Å². The molecular weight excluding hydrogens is 471 g/mol. The Balaban J connectivity index is 1.74. The van der Waals surface area contributed by atoms with Gasteiger partial charge in [-0.1, -0.05) is 29.3 Å². The lowest BCUT2D eigenvalue weighted by atomic mass is 10.1. The van der Waals surface area contributed by atoms with Gasteiger partial charge >= 0.3 is 5.97 Å². The third-order valence-corrected chi connectivity index (χ3v) is 5.02. The topological polar surface area (TPSA) is 122 Å². The molecule has 0 radical (unpaired) electrons. The van der Waals surface area contributed by atoms with Crippen molar-refractivity contribution in [3.8, 4) is 17.6 Å². The molecule has 1 heterocycles. The second kappa shape index (κ2) is 10.6. The van der Waals surface area contributed by atoms with Crippen LogP contribution < -0.4 is 14.8 Å². The normalized spacial score (nSPS) is 10.9. The fraction of sp³-hybridized carbons (Fsp3) is 0.0870. The summed E-state index contributed by atoms with van der Waals surface area (Å²) in [5.74, 6) is -0.959. The second-order valence-electron chi connectivity index (χ2n) is 6.52. The lowest BCUT2D eigenvalue weighted by Gasteiger charge is -2.11. The number of hydrogen-bond donors (Lipinski definition) is 2. The van der Waals surface area contributed by atoms with Gasteiger partial charge in [0.25, 0.3) is 5.91 Å². The van der Waals surface area contributed by atoms with Crippen LogP contribution in [-0.2, 0) is 11.4 Å². The summed E-state index contributed by atoms with van der Waals surface area (Å²) in [5.41, 5.74) is 0.764. The molecule has 33 heavy (non-hydrogen) atoms. The summed E-state index contributed by atoms with van der Waals surface area (Å²) in [6.45, 7) is -0.0195. The highest BCUT2D eigenvalue weighted by atomic mass is 35.5. The van der Waals surface area contributed by atoms with Crippen LogP contribution in [0.2, 0.25) is 10.0 Å². The standard InChI is InChI=1S/C23H16Cl2N2O6/c1-31-21-9-13(2-6-19(21)32-12-16-4-7-20(33-16)23(29)30)8-14(11-26)22(28)27-15-3-5-17(24)18(25)10-15/h2-10H,12H2,1H3,(H,27,28)(H,29,30)/b14-8-. The molecule has 168 valence electrons. The van der Waals surface area contributed by atoms with E-state index in [0.717, 1.165) is 0 Å². The molecule has 1 aromatic heterocycles. The maximum atomic E-state index is 12.5. The Bertz CT molecular complexity index is 1280. The van der Waals surface area contributed by atoms with Crippen LogP contribution in [0.15, 0.2) is 58.5 Å². The zero-order valence-corrected chi connectivity index (χ0v) is 18.6. The molecule has 8 nitrogen and oxygen atoms in total. The van der Waals surface area contributed by atoms with Crippen LogP contribution in [0, 0.1) is 11.3 Å². The maximum Gasteiger partial charge on any atom is 0.371 e. The number of amides is 1. The molecule has 2 aromatic carbocycles. The van der Waals surface area contributed by atoms with E-state index in [4.69, 9.17) is 42.2 Å². The Labute approximate surface area is 198 Å².